The second kappa shape index (κ2) is 1.58. The summed E-state index contributed by atoms with van der Waals surface area (Å²) in [5, 5.41) is 9.02. The van der Waals surface area contributed by atoms with Crippen LogP contribution in [0.2, 0.25) is 0 Å². The lowest BCUT2D eigenvalue weighted by molar-refractivity contribution is 0.105. The molecule has 0 amide bonds. The summed E-state index contributed by atoms with van der Waals surface area (Å²) in [6.45, 7) is 0.463. The molecular formula is C9H14O. The fraction of sp³-hybridized carbons (Fsp3) is 1.00. The first-order valence-corrected chi connectivity index (χ1v) is 4.52. The van der Waals surface area contributed by atoms with Gasteiger partial charge in [-0.25, -0.2) is 0 Å². The van der Waals surface area contributed by atoms with Gasteiger partial charge in [-0.1, -0.05) is 0 Å². The summed E-state index contributed by atoms with van der Waals surface area (Å²) in [5.41, 5.74) is 0. The van der Waals surface area contributed by atoms with Crippen molar-refractivity contribution >= 4 is 0 Å². The van der Waals surface area contributed by atoms with Crippen molar-refractivity contribution in [3.63, 3.8) is 0 Å². The van der Waals surface area contributed by atoms with E-state index in [-0.39, 0.29) is 0 Å². The first-order chi connectivity index (χ1) is 4.92. The number of rotatable bonds is 1. The maximum absolute atomic E-state index is 9.02. The first-order valence-electron chi connectivity index (χ1n) is 4.52. The van der Waals surface area contributed by atoms with Gasteiger partial charge in [0.25, 0.3) is 0 Å². The average molecular weight is 138 g/mol. The van der Waals surface area contributed by atoms with Gasteiger partial charge < -0.3 is 5.11 Å². The van der Waals surface area contributed by atoms with Crippen LogP contribution in [0, 0.1) is 29.6 Å². The summed E-state index contributed by atoms with van der Waals surface area (Å²) in [5.74, 6) is 4.93. The van der Waals surface area contributed by atoms with Gasteiger partial charge in [-0.05, 0) is 48.9 Å². The van der Waals surface area contributed by atoms with Gasteiger partial charge in [0.1, 0.15) is 0 Å². The second-order valence-corrected chi connectivity index (χ2v) is 4.32. The van der Waals surface area contributed by atoms with Crippen molar-refractivity contribution in [1.82, 2.24) is 0 Å². The molecule has 5 atom stereocenters. The van der Waals surface area contributed by atoms with Gasteiger partial charge >= 0.3 is 0 Å². The van der Waals surface area contributed by atoms with E-state index in [9.17, 15) is 0 Å². The van der Waals surface area contributed by atoms with Crippen LogP contribution in [0.15, 0.2) is 0 Å². The summed E-state index contributed by atoms with van der Waals surface area (Å²) >= 11 is 0. The molecule has 3 saturated carbocycles. The van der Waals surface area contributed by atoms with Crippen molar-refractivity contribution in [2.45, 2.75) is 19.3 Å². The second-order valence-electron chi connectivity index (χ2n) is 4.32. The van der Waals surface area contributed by atoms with Crippen LogP contribution >= 0.6 is 0 Å². The number of fused-ring (bicyclic) bond motifs is 4. The van der Waals surface area contributed by atoms with E-state index in [1.165, 1.54) is 19.3 Å². The van der Waals surface area contributed by atoms with Crippen molar-refractivity contribution in [2.24, 2.45) is 29.6 Å². The Bertz CT molecular complexity index is 166. The molecule has 56 valence electrons. The molecule has 1 N–H and O–H groups in total. The standard InChI is InChI=1S/C9H14O/c10-4-5-1-2-6-7-3-8(7)9(5)6/h5-10H,1-4H2. The lowest BCUT2D eigenvalue weighted by atomic mass is 9.73. The van der Waals surface area contributed by atoms with Crippen LogP contribution in [0.4, 0.5) is 0 Å². The number of hydrogen-bond donors (Lipinski definition) is 1. The third-order valence-corrected chi connectivity index (χ3v) is 4.08. The summed E-state index contributed by atoms with van der Waals surface area (Å²) < 4.78 is 0. The topological polar surface area (TPSA) is 20.2 Å². The number of aliphatic hydroxyl groups is 1. The largest absolute Gasteiger partial charge is 0.396 e. The van der Waals surface area contributed by atoms with Gasteiger partial charge in [-0.15, -0.1) is 0 Å². The summed E-state index contributed by atoms with van der Waals surface area (Å²) in [7, 11) is 0. The molecule has 10 heavy (non-hydrogen) atoms. The van der Waals surface area contributed by atoms with Crippen LogP contribution < -0.4 is 0 Å². The predicted octanol–water partition coefficient (Wildman–Crippen LogP) is 1.27. The zero-order chi connectivity index (χ0) is 6.72. The Balaban J connectivity index is 1.80. The average Bonchev–Trinajstić information content (AvgIpc) is 2.52. The molecular weight excluding hydrogens is 124 g/mol. The maximum atomic E-state index is 9.02. The Hall–Kier alpha value is -0.0400. The highest BCUT2D eigenvalue weighted by Gasteiger charge is 2.64. The molecule has 1 nitrogen and oxygen atoms in total. The van der Waals surface area contributed by atoms with E-state index in [4.69, 9.17) is 5.11 Å². The van der Waals surface area contributed by atoms with Gasteiger partial charge in [-0.3, -0.25) is 0 Å². The maximum Gasteiger partial charge on any atom is 0.0462 e. The molecule has 3 aliphatic rings. The monoisotopic (exact) mass is 138 g/mol. The van der Waals surface area contributed by atoms with Crippen molar-refractivity contribution in [2.75, 3.05) is 6.61 Å². The van der Waals surface area contributed by atoms with E-state index in [0.29, 0.717) is 12.5 Å². The highest BCUT2D eigenvalue weighted by molar-refractivity contribution is 5.13. The highest BCUT2D eigenvalue weighted by Crippen LogP contribution is 2.70. The van der Waals surface area contributed by atoms with Crippen LogP contribution in [0.25, 0.3) is 0 Å². The molecule has 0 aromatic rings. The third kappa shape index (κ3) is 0.460. The molecule has 0 spiro atoms. The molecule has 0 aliphatic heterocycles. The SMILES string of the molecule is OCC1CCC2C3CC3C12. The molecule has 3 fully saturated rings. The zero-order valence-corrected chi connectivity index (χ0v) is 6.16. The minimum atomic E-state index is 0.463. The predicted molar refractivity (Wildman–Crippen MR) is 38.4 cm³/mol. The van der Waals surface area contributed by atoms with Crippen LogP contribution in [0.5, 0.6) is 0 Å². The smallest absolute Gasteiger partial charge is 0.0462 e. The van der Waals surface area contributed by atoms with Crippen LogP contribution in [-0.4, -0.2) is 11.7 Å². The zero-order valence-electron chi connectivity index (χ0n) is 6.16. The first kappa shape index (κ1) is 5.59. The fourth-order valence-electron chi connectivity index (χ4n) is 3.55. The molecule has 5 unspecified atom stereocenters. The molecule has 0 aromatic heterocycles. The molecule has 0 heterocycles. The minimum Gasteiger partial charge on any atom is -0.396 e. The van der Waals surface area contributed by atoms with Gasteiger partial charge in [0.2, 0.25) is 0 Å². The lowest BCUT2D eigenvalue weighted by Gasteiger charge is -2.32. The van der Waals surface area contributed by atoms with E-state index in [2.05, 4.69) is 0 Å². The molecule has 0 radical (unpaired) electrons. The van der Waals surface area contributed by atoms with Gasteiger partial charge in [-0.2, -0.15) is 0 Å². The van der Waals surface area contributed by atoms with Crippen LogP contribution in [0.1, 0.15) is 19.3 Å². The molecule has 0 bridgehead atoms. The minimum absolute atomic E-state index is 0.463. The van der Waals surface area contributed by atoms with Gasteiger partial charge in [0, 0.05) is 6.61 Å². The Morgan fingerprint density at radius 2 is 2.00 bits per heavy atom. The van der Waals surface area contributed by atoms with Crippen molar-refractivity contribution in [3.8, 4) is 0 Å². The Kier molecular flexibility index (Phi) is 0.883. The van der Waals surface area contributed by atoms with E-state index in [0.717, 1.165) is 23.7 Å². The number of aliphatic hydroxyl groups excluding tert-OH is 1. The Morgan fingerprint density at radius 1 is 1.10 bits per heavy atom. The normalized spacial score (nSPS) is 62.7. The van der Waals surface area contributed by atoms with E-state index in [1.54, 1.807) is 0 Å². The fourth-order valence-corrected chi connectivity index (χ4v) is 3.55. The van der Waals surface area contributed by atoms with E-state index >= 15 is 0 Å². The highest BCUT2D eigenvalue weighted by atomic mass is 16.3. The van der Waals surface area contributed by atoms with E-state index < -0.39 is 0 Å². The summed E-state index contributed by atoms with van der Waals surface area (Å²) in [4.78, 5) is 0. The Morgan fingerprint density at radius 3 is 2.80 bits per heavy atom. The summed E-state index contributed by atoms with van der Waals surface area (Å²) in [6, 6.07) is 0. The number of hydrogen-bond acceptors (Lipinski definition) is 1. The Labute approximate surface area is 61.4 Å². The van der Waals surface area contributed by atoms with Crippen LogP contribution in [0.3, 0.4) is 0 Å². The molecule has 3 rings (SSSR count). The van der Waals surface area contributed by atoms with Gasteiger partial charge in [0.15, 0.2) is 0 Å². The lowest BCUT2D eigenvalue weighted by Crippen LogP contribution is -2.30. The quantitative estimate of drug-likeness (QED) is 0.578. The molecule has 3 aliphatic carbocycles. The molecule has 0 aromatic carbocycles. The van der Waals surface area contributed by atoms with Crippen molar-refractivity contribution in [3.05, 3.63) is 0 Å². The third-order valence-electron chi connectivity index (χ3n) is 4.08. The molecule has 1 heteroatoms. The summed E-state index contributed by atoms with van der Waals surface area (Å²) in [6.07, 6.45) is 4.25. The molecule has 0 saturated heterocycles. The van der Waals surface area contributed by atoms with Crippen molar-refractivity contribution in [1.29, 1.82) is 0 Å². The van der Waals surface area contributed by atoms with E-state index in [1.807, 2.05) is 0 Å². The van der Waals surface area contributed by atoms with Crippen LogP contribution in [-0.2, 0) is 0 Å². The van der Waals surface area contributed by atoms with Gasteiger partial charge in [0.05, 0.1) is 0 Å². The van der Waals surface area contributed by atoms with Crippen molar-refractivity contribution < 1.29 is 5.11 Å².